The first-order valence-corrected chi connectivity index (χ1v) is 4.34. The molecule has 72 valence electrons. The Morgan fingerprint density at radius 3 is 3.00 bits per heavy atom. The van der Waals surface area contributed by atoms with Gasteiger partial charge in [0.05, 0.1) is 10.4 Å². The smallest absolute Gasteiger partial charge is 0.280 e. The summed E-state index contributed by atoms with van der Waals surface area (Å²) in [6, 6.07) is 4.90. The van der Waals surface area contributed by atoms with Gasteiger partial charge in [0.15, 0.2) is 0 Å². The molecular weight excluding hydrogens is 182 g/mol. The summed E-state index contributed by atoms with van der Waals surface area (Å²) in [5.41, 5.74) is 1.58. The first-order valence-electron chi connectivity index (χ1n) is 4.34. The van der Waals surface area contributed by atoms with Gasteiger partial charge in [0.1, 0.15) is 5.39 Å². The summed E-state index contributed by atoms with van der Waals surface area (Å²) in [6.45, 7) is 1.93. The minimum absolute atomic E-state index is 0.119. The number of hydrogen-bond donors (Lipinski definition) is 1. The van der Waals surface area contributed by atoms with Crippen LogP contribution in [0.15, 0.2) is 18.2 Å². The first kappa shape index (κ1) is 8.68. The van der Waals surface area contributed by atoms with Crippen molar-refractivity contribution >= 4 is 16.6 Å². The second-order valence-electron chi connectivity index (χ2n) is 2.98. The van der Waals surface area contributed by atoms with Crippen LogP contribution in [0.5, 0.6) is 0 Å². The van der Waals surface area contributed by atoms with Gasteiger partial charge in [-0.1, -0.05) is 13.0 Å². The summed E-state index contributed by atoms with van der Waals surface area (Å²) in [7, 11) is 0. The maximum Gasteiger partial charge on any atom is 0.280 e. The molecule has 0 radical (unpaired) electrons. The summed E-state index contributed by atoms with van der Waals surface area (Å²) < 4.78 is 0. The SMILES string of the molecule is CCc1[nH]nc2cccc([N+](=O)[O-])c12. The van der Waals surface area contributed by atoms with Crippen molar-refractivity contribution in [2.75, 3.05) is 0 Å². The molecule has 0 unspecified atom stereocenters. The summed E-state index contributed by atoms with van der Waals surface area (Å²) in [4.78, 5) is 10.4. The van der Waals surface area contributed by atoms with Crippen LogP contribution in [0.4, 0.5) is 5.69 Å². The molecule has 0 saturated carbocycles. The molecule has 1 heterocycles. The molecule has 0 aliphatic carbocycles. The van der Waals surface area contributed by atoms with Gasteiger partial charge in [0, 0.05) is 11.8 Å². The molecule has 5 heteroatoms. The van der Waals surface area contributed by atoms with Crippen molar-refractivity contribution < 1.29 is 4.92 Å². The van der Waals surface area contributed by atoms with Gasteiger partial charge in [-0.15, -0.1) is 0 Å². The third kappa shape index (κ3) is 1.14. The van der Waals surface area contributed by atoms with Crippen LogP contribution in [-0.4, -0.2) is 15.1 Å². The van der Waals surface area contributed by atoms with Crippen LogP contribution in [-0.2, 0) is 6.42 Å². The zero-order valence-corrected chi connectivity index (χ0v) is 7.65. The molecule has 1 N–H and O–H groups in total. The number of non-ortho nitro benzene ring substituents is 1. The van der Waals surface area contributed by atoms with Crippen molar-refractivity contribution in [3.63, 3.8) is 0 Å². The van der Waals surface area contributed by atoms with E-state index in [-0.39, 0.29) is 10.6 Å². The van der Waals surface area contributed by atoms with Gasteiger partial charge < -0.3 is 0 Å². The Bertz CT molecular complexity index is 490. The van der Waals surface area contributed by atoms with Crippen molar-refractivity contribution in [2.45, 2.75) is 13.3 Å². The van der Waals surface area contributed by atoms with Gasteiger partial charge in [0.2, 0.25) is 0 Å². The fraction of sp³-hybridized carbons (Fsp3) is 0.222. The number of fused-ring (bicyclic) bond motifs is 1. The van der Waals surface area contributed by atoms with Crippen LogP contribution >= 0.6 is 0 Å². The van der Waals surface area contributed by atoms with Crippen LogP contribution < -0.4 is 0 Å². The van der Waals surface area contributed by atoms with Crippen LogP contribution in [0, 0.1) is 10.1 Å². The minimum Gasteiger partial charge on any atom is -0.281 e. The van der Waals surface area contributed by atoms with Crippen LogP contribution in [0.2, 0.25) is 0 Å². The third-order valence-corrected chi connectivity index (χ3v) is 2.18. The molecule has 0 aliphatic rings. The molecule has 0 saturated heterocycles. The van der Waals surface area contributed by atoms with E-state index in [4.69, 9.17) is 0 Å². The van der Waals surface area contributed by atoms with Gasteiger partial charge in [-0.3, -0.25) is 15.2 Å². The lowest BCUT2D eigenvalue weighted by atomic mass is 10.1. The van der Waals surface area contributed by atoms with Crippen LogP contribution in [0.1, 0.15) is 12.6 Å². The van der Waals surface area contributed by atoms with E-state index in [9.17, 15) is 10.1 Å². The standard InChI is InChI=1S/C9H9N3O2/c1-2-6-9-7(11-10-6)4-3-5-8(9)12(13)14/h3-5H,2H2,1H3,(H,10,11). The molecule has 2 aromatic rings. The number of aromatic nitrogens is 2. The molecule has 1 aromatic heterocycles. The average molecular weight is 191 g/mol. The number of nitro groups is 1. The molecule has 2 rings (SSSR count). The lowest BCUT2D eigenvalue weighted by molar-refractivity contribution is -0.383. The zero-order chi connectivity index (χ0) is 10.1. The number of nitro benzene ring substituents is 1. The highest BCUT2D eigenvalue weighted by Gasteiger charge is 2.16. The number of nitrogens with zero attached hydrogens (tertiary/aromatic N) is 2. The van der Waals surface area contributed by atoms with Crippen molar-refractivity contribution in [1.82, 2.24) is 10.2 Å². The molecule has 0 spiro atoms. The summed E-state index contributed by atoms with van der Waals surface area (Å²) in [5.74, 6) is 0. The number of H-pyrrole nitrogens is 1. The van der Waals surface area contributed by atoms with Gasteiger partial charge in [-0.2, -0.15) is 5.10 Å². The van der Waals surface area contributed by atoms with Gasteiger partial charge in [0.25, 0.3) is 5.69 Å². The van der Waals surface area contributed by atoms with Crippen molar-refractivity contribution in [1.29, 1.82) is 0 Å². The Labute approximate surface area is 79.9 Å². The lowest BCUT2D eigenvalue weighted by Crippen LogP contribution is -1.90. The van der Waals surface area contributed by atoms with Gasteiger partial charge in [-0.25, -0.2) is 0 Å². The fourth-order valence-corrected chi connectivity index (χ4v) is 1.52. The highest BCUT2D eigenvalue weighted by Crippen LogP contribution is 2.26. The van der Waals surface area contributed by atoms with Crippen molar-refractivity contribution in [3.05, 3.63) is 34.0 Å². The number of aromatic amines is 1. The molecule has 14 heavy (non-hydrogen) atoms. The Morgan fingerprint density at radius 1 is 1.57 bits per heavy atom. The third-order valence-electron chi connectivity index (χ3n) is 2.18. The molecule has 1 aromatic carbocycles. The largest absolute Gasteiger partial charge is 0.281 e. The van der Waals surface area contributed by atoms with Gasteiger partial charge >= 0.3 is 0 Å². The van der Waals surface area contributed by atoms with E-state index in [1.54, 1.807) is 12.1 Å². The van der Waals surface area contributed by atoms with E-state index in [1.807, 2.05) is 6.92 Å². The molecule has 0 fully saturated rings. The van der Waals surface area contributed by atoms with Crippen LogP contribution in [0.3, 0.4) is 0 Å². The predicted octanol–water partition coefficient (Wildman–Crippen LogP) is 2.03. The first-order chi connectivity index (χ1) is 6.74. The number of hydrogen-bond acceptors (Lipinski definition) is 3. The molecule has 0 amide bonds. The highest BCUT2D eigenvalue weighted by atomic mass is 16.6. The fourth-order valence-electron chi connectivity index (χ4n) is 1.52. The van der Waals surface area contributed by atoms with E-state index in [1.165, 1.54) is 6.07 Å². The second kappa shape index (κ2) is 3.10. The van der Waals surface area contributed by atoms with E-state index in [0.29, 0.717) is 17.3 Å². The topological polar surface area (TPSA) is 71.8 Å². The maximum absolute atomic E-state index is 10.7. The Kier molecular flexibility index (Phi) is 1.92. The van der Waals surface area contributed by atoms with E-state index in [0.717, 1.165) is 5.69 Å². The predicted molar refractivity (Wildman–Crippen MR) is 52.1 cm³/mol. The Morgan fingerprint density at radius 2 is 2.36 bits per heavy atom. The Balaban J connectivity index is 2.81. The summed E-state index contributed by atoms with van der Waals surface area (Å²) >= 11 is 0. The van der Waals surface area contributed by atoms with Crippen molar-refractivity contribution in [2.24, 2.45) is 0 Å². The normalized spacial score (nSPS) is 10.6. The Hall–Kier alpha value is -1.91. The maximum atomic E-state index is 10.7. The van der Waals surface area contributed by atoms with Crippen molar-refractivity contribution in [3.8, 4) is 0 Å². The molecule has 0 bridgehead atoms. The summed E-state index contributed by atoms with van der Waals surface area (Å²) in [5, 5.41) is 18.2. The molecular formula is C9H9N3O2. The van der Waals surface area contributed by atoms with E-state index >= 15 is 0 Å². The molecule has 0 atom stereocenters. The second-order valence-corrected chi connectivity index (χ2v) is 2.98. The number of aryl methyl sites for hydroxylation is 1. The lowest BCUT2D eigenvalue weighted by Gasteiger charge is -1.94. The monoisotopic (exact) mass is 191 g/mol. The zero-order valence-electron chi connectivity index (χ0n) is 7.65. The van der Waals surface area contributed by atoms with Gasteiger partial charge in [-0.05, 0) is 12.5 Å². The summed E-state index contributed by atoms with van der Waals surface area (Å²) in [6.07, 6.45) is 0.710. The number of benzene rings is 1. The highest BCUT2D eigenvalue weighted by molar-refractivity contribution is 5.90. The minimum atomic E-state index is -0.378. The average Bonchev–Trinajstić information content (AvgIpc) is 2.59. The van der Waals surface area contributed by atoms with Crippen LogP contribution in [0.25, 0.3) is 10.9 Å². The number of nitrogens with one attached hydrogen (secondary N) is 1. The van der Waals surface area contributed by atoms with E-state index < -0.39 is 0 Å². The molecule has 5 nitrogen and oxygen atoms in total. The number of rotatable bonds is 2. The molecule has 0 aliphatic heterocycles. The van der Waals surface area contributed by atoms with E-state index in [2.05, 4.69) is 10.2 Å². The quantitative estimate of drug-likeness (QED) is 0.583.